The molecular weight excluding hydrogens is 771 g/mol. The number of rotatable bonds is 5. The smallest absolute Gasteiger partial charge is 0.208 e. The zero-order valence-corrected chi connectivity index (χ0v) is 32.9. The Labute approximate surface area is 353 Å². The lowest BCUT2D eigenvalue weighted by atomic mass is 9.98. The van der Waals surface area contributed by atoms with Crippen LogP contribution in [0.1, 0.15) is 0 Å². The monoisotopic (exact) mass is 805 g/mol. The van der Waals surface area contributed by atoms with E-state index < -0.39 is 28.7 Å². The summed E-state index contributed by atoms with van der Waals surface area (Å²) in [4.78, 5) is 0. The van der Waals surface area contributed by atoms with Crippen LogP contribution in [-0.4, -0.2) is 39.2 Å². The van der Waals surface area contributed by atoms with Crippen LogP contribution >= 0.6 is 0 Å². The Balaban J connectivity index is 1.09. The first-order valence-corrected chi connectivity index (χ1v) is 20.3. The van der Waals surface area contributed by atoms with Gasteiger partial charge in [-0.2, -0.15) is 0 Å². The highest BCUT2D eigenvalue weighted by Crippen LogP contribution is 2.54. The largest absolute Gasteiger partial charge is 0.503 e. The van der Waals surface area contributed by atoms with Crippen LogP contribution in [0, 0.1) is 0 Å². The van der Waals surface area contributed by atoms with Gasteiger partial charge in [-0.3, -0.25) is 0 Å². The van der Waals surface area contributed by atoms with E-state index in [0.717, 1.165) is 88.0 Å². The van der Waals surface area contributed by atoms with Crippen molar-refractivity contribution in [2.45, 2.75) is 0 Å². The van der Waals surface area contributed by atoms with Crippen molar-refractivity contribution in [2.24, 2.45) is 0 Å². The fraction of sp³-hybridized carbons (Fsp3) is 0. The molecule has 0 bridgehead atoms. The molecule has 0 saturated carbocycles. The molecule has 0 atom stereocenters. The molecule has 5 N–H and O–H groups in total. The summed E-state index contributed by atoms with van der Waals surface area (Å²) in [6.45, 7) is 0. The lowest BCUT2D eigenvalue weighted by molar-refractivity contribution is 0.327. The molecule has 8 heteroatoms. The van der Waals surface area contributed by atoms with Crippen molar-refractivity contribution in [1.82, 2.24) is 13.7 Å². The van der Waals surface area contributed by atoms with Crippen molar-refractivity contribution in [3.63, 3.8) is 0 Å². The molecule has 0 amide bonds. The van der Waals surface area contributed by atoms with Gasteiger partial charge in [0, 0.05) is 43.7 Å². The number of benzene rings is 9. The van der Waals surface area contributed by atoms with Crippen molar-refractivity contribution < 1.29 is 25.5 Å². The highest BCUT2D eigenvalue weighted by Gasteiger charge is 2.28. The molecule has 62 heavy (non-hydrogen) atoms. The third kappa shape index (κ3) is 5.01. The Hall–Kier alpha value is -8.62. The van der Waals surface area contributed by atoms with Crippen LogP contribution in [-0.2, 0) is 0 Å². The van der Waals surface area contributed by atoms with Crippen molar-refractivity contribution in [2.75, 3.05) is 0 Å². The molecule has 0 aliphatic carbocycles. The first-order chi connectivity index (χ1) is 30.4. The average molecular weight is 806 g/mol. The highest BCUT2D eigenvalue weighted by molar-refractivity contribution is 6.15. The number of nitrogens with zero attached hydrogens (tertiary/aromatic N) is 3. The molecule has 0 radical (unpaired) electrons. The summed E-state index contributed by atoms with van der Waals surface area (Å²) in [6.07, 6.45) is 0. The second-order valence-electron chi connectivity index (χ2n) is 15.7. The number of hydrogen-bond donors (Lipinski definition) is 5. The molecular formula is C54H35N3O5. The zero-order valence-electron chi connectivity index (χ0n) is 32.9. The summed E-state index contributed by atoms with van der Waals surface area (Å²) in [5, 5.41) is 60.4. The van der Waals surface area contributed by atoms with Crippen LogP contribution in [0.15, 0.2) is 182 Å². The van der Waals surface area contributed by atoms with Crippen molar-refractivity contribution in [3.05, 3.63) is 182 Å². The second-order valence-corrected chi connectivity index (χ2v) is 15.7. The molecule has 3 aromatic heterocycles. The third-order valence-corrected chi connectivity index (χ3v) is 12.4. The summed E-state index contributed by atoms with van der Waals surface area (Å²) < 4.78 is 6.17. The van der Waals surface area contributed by atoms with Gasteiger partial charge in [0.2, 0.25) is 17.2 Å². The molecule has 8 nitrogen and oxygen atoms in total. The van der Waals surface area contributed by atoms with Crippen LogP contribution in [0.5, 0.6) is 28.7 Å². The molecule has 296 valence electrons. The van der Waals surface area contributed by atoms with Crippen LogP contribution in [0.2, 0.25) is 0 Å². The van der Waals surface area contributed by atoms with Crippen LogP contribution in [0.3, 0.4) is 0 Å². The van der Waals surface area contributed by atoms with E-state index in [4.69, 9.17) is 0 Å². The van der Waals surface area contributed by atoms with Gasteiger partial charge in [-0.1, -0.05) is 97.1 Å². The number of phenols is 5. The lowest BCUT2D eigenvalue weighted by Gasteiger charge is -2.15. The van der Waals surface area contributed by atoms with Crippen LogP contribution in [0.25, 0.3) is 105 Å². The van der Waals surface area contributed by atoms with E-state index in [2.05, 4.69) is 130 Å². The maximum Gasteiger partial charge on any atom is 0.208 e. The van der Waals surface area contributed by atoms with E-state index in [0.29, 0.717) is 11.0 Å². The van der Waals surface area contributed by atoms with Gasteiger partial charge in [-0.15, -0.1) is 0 Å². The fourth-order valence-electron chi connectivity index (χ4n) is 9.52. The maximum absolute atomic E-state index is 11.3. The minimum Gasteiger partial charge on any atom is -0.503 e. The second kappa shape index (κ2) is 13.2. The predicted molar refractivity (Wildman–Crippen MR) is 249 cm³/mol. The average Bonchev–Trinajstić information content (AvgIpc) is 3.95. The van der Waals surface area contributed by atoms with E-state index in [1.165, 1.54) is 0 Å². The van der Waals surface area contributed by atoms with Gasteiger partial charge in [0.15, 0.2) is 11.5 Å². The molecule has 0 unspecified atom stereocenters. The number of phenolic OH excluding ortho intramolecular Hbond substituents is 5. The summed E-state index contributed by atoms with van der Waals surface area (Å²) in [5.41, 5.74) is 11.4. The van der Waals surface area contributed by atoms with Gasteiger partial charge in [-0.05, 0) is 107 Å². The Bertz CT molecular complexity index is 3560. The van der Waals surface area contributed by atoms with E-state index in [1.54, 1.807) is 4.57 Å². The molecule has 0 fully saturated rings. The number of aromatic nitrogens is 3. The Morgan fingerprint density at radius 3 is 0.919 bits per heavy atom. The van der Waals surface area contributed by atoms with E-state index in [-0.39, 0.29) is 5.69 Å². The Morgan fingerprint density at radius 1 is 0.242 bits per heavy atom. The van der Waals surface area contributed by atoms with E-state index >= 15 is 0 Å². The molecule has 0 aliphatic rings. The van der Waals surface area contributed by atoms with E-state index in [9.17, 15) is 25.5 Å². The van der Waals surface area contributed by atoms with Gasteiger partial charge in [0.1, 0.15) is 5.69 Å². The van der Waals surface area contributed by atoms with Gasteiger partial charge in [0.25, 0.3) is 0 Å². The molecule has 0 saturated heterocycles. The van der Waals surface area contributed by atoms with Gasteiger partial charge < -0.3 is 39.2 Å². The number of fused-ring (bicyclic) bond motifs is 9. The van der Waals surface area contributed by atoms with Crippen molar-refractivity contribution >= 4 is 65.4 Å². The minimum atomic E-state index is -1.01. The van der Waals surface area contributed by atoms with E-state index in [1.807, 2.05) is 60.7 Å². The zero-order chi connectivity index (χ0) is 41.8. The summed E-state index contributed by atoms with van der Waals surface area (Å²) >= 11 is 0. The van der Waals surface area contributed by atoms with Gasteiger partial charge in [-0.25, -0.2) is 0 Å². The van der Waals surface area contributed by atoms with Gasteiger partial charge in [0.05, 0.1) is 33.1 Å². The SMILES string of the molecule is Oc1c(O)c(O)c(-n2c3ccc(-c4ccc5c(c4)c4ccccc4n5-c4ccccc4)cc3c3cc(-c4ccc5c(c4)c4ccccc4n5-c4ccccc4)ccc32)c(O)c1O. The fourth-order valence-corrected chi connectivity index (χ4v) is 9.52. The molecule has 9 aromatic carbocycles. The molecule has 12 aromatic rings. The number of para-hydroxylation sites is 4. The number of hydrogen-bond acceptors (Lipinski definition) is 5. The van der Waals surface area contributed by atoms with Crippen molar-refractivity contribution in [1.29, 1.82) is 0 Å². The summed E-state index contributed by atoms with van der Waals surface area (Å²) in [6, 6.07) is 62.5. The predicted octanol–water partition coefficient (Wildman–Crippen LogP) is 12.8. The molecule has 0 spiro atoms. The summed E-state index contributed by atoms with van der Waals surface area (Å²) in [5.74, 6) is -4.44. The van der Waals surface area contributed by atoms with Gasteiger partial charge >= 0.3 is 0 Å². The first-order valence-electron chi connectivity index (χ1n) is 20.3. The topological polar surface area (TPSA) is 116 Å². The highest BCUT2D eigenvalue weighted by atomic mass is 16.4. The normalized spacial score (nSPS) is 11.9. The van der Waals surface area contributed by atoms with Crippen molar-refractivity contribution in [3.8, 4) is 68.1 Å². The lowest BCUT2D eigenvalue weighted by Crippen LogP contribution is -1.96. The molecule has 3 heterocycles. The quantitative estimate of drug-likeness (QED) is 0.0877. The number of aromatic hydroxyl groups is 5. The first kappa shape index (κ1) is 35.3. The summed E-state index contributed by atoms with van der Waals surface area (Å²) in [7, 11) is 0. The van der Waals surface area contributed by atoms with Crippen LogP contribution < -0.4 is 0 Å². The van der Waals surface area contributed by atoms with Crippen LogP contribution in [0.4, 0.5) is 0 Å². The Morgan fingerprint density at radius 2 is 0.532 bits per heavy atom. The Kier molecular flexibility index (Phi) is 7.52. The molecule has 0 aliphatic heterocycles. The third-order valence-electron chi connectivity index (χ3n) is 12.4. The maximum atomic E-state index is 11.3. The standard InChI is InChI=1S/C54H35N3O5/c58-50-49(51(59)53(61)54(62)52(50)60)57-47-25-21-33(31-19-23-45-39(27-31)37-15-7-9-17-43(37)55(45)35-11-3-1-4-12-35)29-41(47)42-30-34(22-26-48(42)57)32-20-24-46-40(28-32)38-16-8-10-18-44(38)56(46)36-13-5-2-6-14-36/h1-30,58-62H. The molecule has 12 rings (SSSR count). The minimum absolute atomic E-state index is 0.261.